The van der Waals surface area contributed by atoms with Crippen molar-refractivity contribution in [2.24, 2.45) is 0 Å². The minimum atomic E-state index is -0.275. The summed E-state index contributed by atoms with van der Waals surface area (Å²) in [5, 5.41) is 4.75. The number of thiophene rings is 1. The number of rotatable bonds is 4. The van der Waals surface area contributed by atoms with Gasteiger partial charge in [-0.1, -0.05) is 6.07 Å². The van der Waals surface area contributed by atoms with Crippen molar-refractivity contribution in [1.29, 1.82) is 0 Å². The Balaban J connectivity index is 1.30. The Kier molecular flexibility index (Phi) is 4.78. The maximum absolute atomic E-state index is 12.4. The van der Waals surface area contributed by atoms with Gasteiger partial charge in [-0.3, -0.25) is 14.5 Å². The lowest BCUT2D eigenvalue weighted by atomic mass is 10.2. The molecule has 1 aromatic carbocycles. The molecular weight excluding hydrogens is 366 g/mol. The van der Waals surface area contributed by atoms with E-state index in [1.54, 1.807) is 18.2 Å². The average Bonchev–Trinajstić information content (AvgIpc) is 3.30. The number of nitrogens with one attached hydrogen (secondary N) is 3. The van der Waals surface area contributed by atoms with Crippen LogP contribution in [0.3, 0.4) is 0 Å². The third-order valence-corrected chi connectivity index (χ3v) is 5.42. The highest BCUT2D eigenvalue weighted by Crippen LogP contribution is 2.16. The molecule has 1 fully saturated rings. The van der Waals surface area contributed by atoms with Gasteiger partial charge in [-0.15, -0.1) is 11.3 Å². The highest BCUT2D eigenvalue weighted by atomic mass is 32.1. The Morgan fingerprint density at radius 1 is 1.07 bits per heavy atom. The molecule has 0 bridgehead atoms. The summed E-state index contributed by atoms with van der Waals surface area (Å²) in [4.78, 5) is 45.9. The molecular formula is C18H19N5O3S. The Hall–Kier alpha value is -2.91. The summed E-state index contributed by atoms with van der Waals surface area (Å²) in [6, 6.07) is 8.93. The van der Waals surface area contributed by atoms with E-state index in [9.17, 15) is 14.4 Å². The van der Waals surface area contributed by atoms with Crippen LogP contribution in [-0.2, 0) is 4.79 Å². The highest BCUT2D eigenvalue weighted by Gasteiger charge is 2.23. The molecule has 8 nitrogen and oxygen atoms in total. The van der Waals surface area contributed by atoms with Crippen LogP contribution >= 0.6 is 11.3 Å². The number of nitrogens with zero attached hydrogens (tertiary/aromatic N) is 2. The third-order valence-electron chi connectivity index (χ3n) is 4.56. The molecule has 0 unspecified atom stereocenters. The quantitative estimate of drug-likeness (QED) is 0.630. The van der Waals surface area contributed by atoms with Crippen molar-refractivity contribution in [3.8, 4) is 0 Å². The number of imidazole rings is 1. The number of piperazine rings is 1. The Bertz CT molecular complexity index is 1020. The van der Waals surface area contributed by atoms with Crippen molar-refractivity contribution < 1.29 is 9.59 Å². The number of carbonyl (C=O) groups is 2. The number of benzene rings is 1. The van der Waals surface area contributed by atoms with Crippen LogP contribution in [0.5, 0.6) is 0 Å². The molecule has 3 heterocycles. The van der Waals surface area contributed by atoms with Crippen LogP contribution in [0.25, 0.3) is 11.0 Å². The zero-order valence-corrected chi connectivity index (χ0v) is 15.3. The van der Waals surface area contributed by atoms with Gasteiger partial charge >= 0.3 is 5.69 Å². The number of aromatic nitrogens is 2. The van der Waals surface area contributed by atoms with E-state index in [-0.39, 0.29) is 24.0 Å². The minimum Gasteiger partial charge on any atom is -0.335 e. The predicted molar refractivity (Wildman–Crippen MR) is 104 cm³/mol. The number of hydrogen-bond donors (Lipinski definition) is 3. The lowest BCUT2D eigenvalue weighted by Crippen LogP contribution is -2.50. The lowest BCUT2D eigenvalue weighted by Gasteiger charge is -2.34. The largest absolute Gasteiger partial charge is 0.335 e. The topological polar surface area (TPSA) is 101 Å². The SMILES string of the molecule is O=C(CN1CCN(C(=O)c2cccs2)CC1)Nc1ccc2[nH]c(=O)[nH]c2c1. The first kappa shape index (κ1) is 17.5. The van der Waals surface area contributed by atoms with Crippen LogP contribution in [0, 0.1) is 0 Å². The van der Waals surface area contributed by atoms with Gasteiger partial charge in [0.2, 0.25) is 5.91 Å². The van der Waals surface area contributed by atoms with E-state index in [0.29, 0.717) is 42.9 Å². The van der Waals surface area contributed by atoms with Gasteiger partial charge in [-0.05, 0) is 29.6 Å². The van der Waals surface area contributed by atoms with Crippen molar-refractivity contribution in [3.05, 3.63) is 51.1 Å². The summed E-state index contributed by atoms with van der Waals surface area (Å²) in [6.07, 6.45) is 0. The molecule has 0 saturated carbocycles. The molecule has 1 aliphatic heterocycles. The zero-order chi connectivity index (χ0) is 18.8. The lowest BCUT2D eigenvalue weighted by molar-refractivity contribution is -0.117. The molecule has 27 heavy (non-hydrogen) atoms. The van der Waals surface area contributed by atoms with E-state index in [2.05, 4.69) is 15.3 Å². The maximum Gasteiger partial charge on any atom is 0.323 e. The maximum atomic E-state index is 12.4. The smallest absolute Gasteiger partial charge is 0.323 e. The number of fused-ring (bicyclic) bond motifs is 1. The van der Waals surface area contributed by atoms with Gasteiger partial charge in [0.1, 0.15) is 0 Å². The fourth-order valence-corrected chi connectivity index (χ4v) is 3.87. The van der Waals surface area contributed by atoms with Gasteiger partial charge in [0.05, 0.1) is 22.5 Å². The van der Waals surface area contributed by atoms with E-state index in [4.69, 9.17) is 0 Å². The van der Waals surface area contributed by atoms with E-state index >= 15 is 0 Å². The molecule has 0 aliphatic carbocycles. The predicted octanol–water partition coefficient (Wildman–Crippen LogP) is 1.31. The molecule has 1 aliphatic rings. The van der Waals surface area contributed by atoms with Crippen molar-refractivity contribution in [3.63, 3.8) is 0 Å². The molecule has 1 saturated heterocycles. The molecule has 140 valence electrons. The molecule has 2 amide bonds. The van der Waals surface area contributed by atoms with E-state index in [1.807, 2.05) is 27.3 Å². The first-order valence-corrected chi connectivity index (χ1v) is 9.53. The van der Waals surface area contributed by atoms with Gasteiger partial charge in [0, 0.05) is 31.9 Å². The average molecular weight is 385 g/mol. The first-order valence-electron chi connectivity index (χ1n) is 8.65. The molecule has 0 spiro atoms. The molecule has 3 N–H and O–H groups in total. The number of H-pyrrole nitrogens is 2. The third kappa shape index (κ3) is 3.93. The van der Waals surface area contributed by atoms with E-state index < -0.39 is 0 Å². The van der Waals surface area contributed by atoms with Gasteiger partial charge in [-0.25, -0.2) is 4.79 Å². The summed E-state index contributed by atoms with van der Waals surface area (Å²) in [5.41, 5.74) is 1.71. The van der Waals surface area contributed by atoms with Crippen molar-refractivity contribution in [2.75, 3.05) is 38.0 Å². The second-order valence-electron chi connectivity index (χ2n) is 6.43. The van der Waals surface area contributed by atoms with Gasteiger partial charge in [0.25, 0.3) is 5.91 Å². The number of amides is 2. The normalized spacial score (nSPS) is 15.2. The summed E-state index contributed by atoms with van der Waals surface area (Å²) in [5.74, 6) is -0.0619. The standard InChI is InChI=1S/C18H19N5O3S/c24-16(19-12-3-4-13-14(10-12)21-18(26)20-13)11-22-5-7-23(8-6-22)17(25)15-2-1-9-27-15/h1-4,9-10H,5-8,11H2,(H,19,24)(H2,20,21,26). The van der Waals surface area contributed by atoms with E-state index in [1.165, 1.54) is 11.3 Å². The number of carbonyl (C=O) groups excluding carboxylic acids is 2. The fourth-order valence-electron chi connectivity index (χ4n) is 3.18. The number of aromatic amines is 2. The summed E-state index contributed by atoms with van der Waals surface area (Å²) < 4.78 is 0. The van der Waals surface area contributed by atoms with Crippen molar-refractivity contribution >= 4 is 39.9 Å². The molecule has 9 heteroatoms. The zero-order valence-electron chi connectivity index (χ0n) is 14.5. The Labute approximate surface area is 158 Å². The molecule has 3 aromatic rings. The molecule has 0 radical (unpaired) electrons. The minimum absolute atomic E-state index is 0.0582. The number of hydrogen-bond acceptors (Lipinski definition) is 5. The van der Waals surface area contributed by atoms with Crippen LogP contribution in [-0.4, -0.2) is 64.3 Å². The van der Waals surface area contributed by atoms with Gasteiger partial charge in [0.15, 0.2) is 0 Å². The summed E-state index contributed by atoms with van der Waals surface area (Å²) in [7, 11) is 0. The second kappa shape index (κ2) is 7.37. The first-order chi connectivity index (χ1) is 13.1. The van der Waals surface area contributed by atoms with Crippen LogP contribution in [0.1, 0.15) is 9.67 Å². The molecule has 4 rings (SSSR count). The molecule has 0 atom stereocenters. The van der Waals surface area contributed by atoms with Crippen molar-refractivity contribution in [1.82, 2.24) is 19.8 Å². The Morgan fingerprint density at radius 2 is 1.85 bits per heavy atom. The fraction of sp³-hybridized carbons (Fsp3) is 0.278. The Morgan fingerprint density at radius 3 is 2.59 bits per heavy atom. The van der Waals surface area contributed by atoms with Crippen LogP contribution < -0.4 is 11.0 Å². The molecule has 2 aromatic heterocycles. The summed E-state index contributed by atoms with van der Waals surface area (Å²) >= 11 is 1.45. The van der Waals surface area contributed by atoms with E-state index in [0.717, 1.165) is 4.88 Å². The number of anilines is 1. The van der Waals surface area contributed by atoms with Gasteiger partial charge in [-0.2, -0.15) is 0 Å². The van der Waals surface area contributed by atoms with Crippen LogP contribution in [0.15, 0.2) is 40.5 Å². The van der Waals surface area contributed by atoms with Crippen molar-refractivity contribution in [2.45, 2.75) is 0 Å². The second-order valence-corrected chi connectivity index (χ2v) is 7.38. The van der Waals surface area contributed by atoms with Crippen LogP contribution in [0.2, 0.25) is 0 Å². The monoisotopic (exact) mass is 385 g/mol. The highest BCUT2D eigenvalue weighted by molar-refractivity contribution is 7.12. The summed E-state index contributed by atoms with van der Waals surface area (Å²) in [6.45, 7) is 2.81. The van der Waals surface area contributed by atoms with Gasteiger partial charge < -0.3 is 20.2 Å². The van der Waals surface area contributed by atoms with Crippen LogP contribution in [0.4, 0.5) is 5.69 Å².